The number of esters is 2. The number of hydrogen-bond donors (Lipinski definition) is 1. The third-order valence-electron chi connectivity index (χ3n) is 7.46. The molecule has 0 aromatic rings. The number of aliphatic hydroxyl groups excluding tert-OH is 1. The molecule has 5 nitrogen and oxygen atoms in total. The number of allylic oxidation sites excluding steroid dienone is 1. The lowest BCUT2D eigenvalue weighted by atomic mass is 9.46. The zero-order chi connectivity index (χ0) is 19.7. The molecule has 0 aromatic carbocycles. The standard InChI is InChI=1S/C22H32O5/c1-21-11-4-12-22(2,20(25)26-3)18(21)8-6-15(9-13-23)17(21)7-5-16-10-14-27-19(16)24/h9-10,17-18,23H,4-8,11-14H2,1-3H3/b15-9+/t17-,18?,21+,22-/m0/s1. The van der Waals surface area contributed by atoms with Crippen molar-refractivity contribution in [3.05, 3.63) is 23.3 Å². The van der Waals surface area contributed by atoms with E-state index in [0.29, 0.717) is 13.0 Å². The summed E-state index contributed by atoms with van der Waals surface area (Å²) >= 11 is 0. The van der Waals surface area contributed by atoms with Crippen LogP contribution in [0.15, 0.2) is 23.3 Å². The van der Waals surface area contributed by atoms with Crippen LogP contribution in [0.3, 0.4) is 0 Å². The molecule has 1 aliphatic heterocycles. The average molecular weight is 376 g/mol. The number of cyclic esters (lactones) is 1. The van der Waals surface area contributed by atoms with Crippen LogP contribution in [0.2, 0.25) is 0 Å². The van der Waals surface area contributed by atoms with E-state index < -0.39 is 5.41 Å². The molecule has 0 spiro atoms. The highest BCUT2D eigenvalue weighted by Crippen LogP contribution is 2.62. The number of methoxy groups -OCH3 is 1. The molecule has 4 atom stereocenters. The fourth-order valence-electron chi connectivity index (χ4n) is 6.14. The molecule has 27 heavy (non-hydrogen) atoms. The monoisotopic (exact) mass is 376 g/mol. The molecule has 3 rings (SSSR count). The van der Waals surface area contributed by atoms with Crippen LogP contribution >= 0.6 is 0 Å². The minimum atomic E-state index is -0.462. The van der Waals surface area contributed by atoms with Crippen LogP contribution in [-0.4, -0.2) is 37.4 Å². The van der Waals surface area contributed by atoms with Crippen molar-refractivity contribution >= 4 is 11.9 Å². The van der Waals surface area contributed by atoms with Crippen molar-refractivity contribution in [1.82, 2.24) is 0 Å². The Hall–Kier alpha value is -1.62. The predicted molar refractivity (Wildman–Crippen MR) is 102 cm³/mol. The molecule has 1 N–H and O–H groups in total. The van der Waals surface area contributed by atoms with Crippen molar-refractivity contribution < 1.29 is 24.2 Å². The van der Waals surface area contributed by atoms with Gasteiger partial charge < -0.3 is 14.6 Å². The van der Waals surface area contributed by atoms with E-state index in [1.165, 1.54) is 12.7 Å². The van der Waals surface area contributed by atoms with Crippen molar-refractivity contribution in [2.24, 2.45) is 22.7 Å². The number of hydrogen-bond acceptors (Lipinski definition) is 5. The number of ether oxygens (including phenoxy) is 2. The fourth-order valence-corrected chi connectivity index (χ4v) is 6.14. The number of fused-ring (bicyclic) bond motifs is 1. The average Bonchev–Trinajstić information content (AvgIpc) is 3.05. The quantitative estimate of drug-likeness (QED) is 0.587. The van der Waals surface area contributed by atoms with Gasteiger partial charge in [-0.1, -0.05) is 25.0 Å². The molecule has 0 radical (unpaired) electrons. The Morgan fingerprint density at radius 3 is 2.81 bits per heavy atom. The van der Waals surface area contributed by atoms with Gasteiger partial charge in [0, 0.05) is 5.57 Å². The number of carbonyl (C=O) groups excluding carboxylic acids is 2. The highest BCUT2D eigenvalue weighted by Gasteiger charge is 2.57. The summed E-state index contributed by atoms with van der Waals surface area (Å²) in [6.07, 6.45) is 10.1. The molecule has 0 aromatic heterocycles. The smallest absolute Gasteiger partial charge is 0.334 e. The lowest BCUT2D eigenvalue weighted by molar-refractivity contribution is -0.168. The molecule has 2 saturated carbocycles. The van der Waals surface area contributed by atoms with Crippen LogP contribution in [0.4, 0.5) is 0 Å². The fraction of sp³-hybridized carbons (Fsp3) is 0.727. The minimum Gasteiger partial charge on any atom is -0.469 e. The van der Waals surface area contributed by atoms with Gasteiger partial charge in [0.25, 0.3) is 0 Å². The first-order chi connectivity index (χ1) is 12.9. The van der Waals surface area contributed by atoms with E-state index in [9.17, 15) is 14.7 Å². The van der Waals surface area contributed by atoms with E-state index in [1.807, 2.05) is 12.2 Å². The highest BCUT2D eigenvalue weighted by molar-refractivity contribution is 5.90. The van der Waals surface area contributed by atoms with E-state index in [2.05, 4.69) is 13.8 Å². The second-order valence-corrected chi connectivity index (χ2v) is 8.74. The van der Waals surface area contributed by atoms with Gasteiger partial charge in [0.2, 0.25) is 0 Å². The lowest BCUT2D eigenvalue weighted by Crippen LogP contribution is -2.53. The third kappa shape index (κ3) is 3.46. The topological polar surface area (TPSA) is 72.8 Å². The second kappa shape index (κ2) is 7.78. The maximum absolute atomic E-state index is 12.7. The van der Waals surface area contributed by atoms with Crippen LogP contribution in [0.25, 0.3) is 0 Å². The largest absolute Gasteiger partial charge is 0.469 e. The first-order valence-corrected chi connectivity index (χ1v) is 10.1. The van der Waals surface area contributed by atoms with Gasteiger partial charge in [0.1, 0.15) is 6.61 Å². The first-order valence-electron chi connectivity index (χ1n) is 10.1. The summed E-state index contributed by atoms with van der Waals surface area (Å²) < 4.78 is 10.2. The van der Waals surface area contributed by atoms with Gasteiger partial charge >= 0.3 is 11.9 Å². The van der Waals surface area contributed by atoms with Gasteiger partial charge in [-0.3, -0.25) is 4.79 Å². The molecule has 1 unspecified atom stereocenters. The Bertz CT molecular complexity index is 664. The number of rotatable bonds is 5. The Labute approximate surface area is 161 Å². The molecule has 0 bridgehead atoms. The Kier molecular flexibility index (Phi) is 5.80. The molecule has 3 aliphatic rings. The molecule has 0 amide bonds. The SMILES string of the molecule is COC(=O)[C@@]1(C)CCC[C@@]2(C)C1CC/C(=C\CO)[C@@H]2CCC1=CCOC1=O. The van der Waals surface area contributed by atoms with Crippen LogP contribution in [0.5, 0.6) is 0 Å². The molecule has 150 valence electrons. The van der Waals surface area contributed by atoms with Gasteiger partial charge in [0.05, 0.1) is 19.1 Å². The van der Waals surface area contributed by atoms with Crippen LogP contribution in [0, 0.1) is 22.7 Å². The molecule has 2 aliphatic carbocycles. The Morgan fingerprint density at radius 2 is 2.19 bits per heavy atom. The van der Waals surface area contributed by atoms with E-state index in [-0.39, 0.29) is 35.8 Å². The van der Waals surface area contributed by atoms with Gasteiger partial charge in [-0.05, 0) is 68.8 Å². The van der Waals surface area contributed by atoms with Gasteiger partial charge in [-0.25, -0.2) is 4.79 Å². The lowest BCUT2D eigenvalue weighted by Gasteiger charge is -2.57. The first kappa shape index (κ1) is 20.1. The van der Waals surface area contributed by atoms with Crippen molar-refractivity contribution in [3.63, 3.8) is 0 Å². The summed E-state index contributed by atoms with van der Waals surface area (Å²) in [6.45, 7) is 4.77. The summed E-state index contributed by atoms with van der Waals surface area (Å²) in [7, 11) is 1.48. The molecule has 5 heteroatoms. The molecule has 0 saturated heterocycles. The Balaban J connectivity index is 1.90. The predicted octanol–water partition coefficient (Wildman–Crippen LogP) is 3.56. The van der Waals surface area contributed by atoms with Crippen LogP contribution in [-0.2, 0) is 19.1 Å². The summed E-state index contributed by atoms with van der Waals surface area (Å²) in [4.78, 5) is 24.5. The van der Waals surface area contributed by atoms with E-state index >= 15 is 0 Å². The molecule has 1 heterocycles. The normalized spacial score (nSPS) is 37.6. The third-order valence-corrected chi connectivity index (χ3v) is 7.46. The van der Waals surface area contributed by atoms with Crippen molar-refractivity contribution in [1.29, 1.82) is 0 Å². The highest BCUT2D eigenvalue weighted by atomic mass is 16.5. The minimum absolute atomic E-state index is 0.0333. The Morgan fingerprint density at radius 1 is 1.41 bits per heavy atom. The second-order valence-electron chi connectivity index (χ2n) is 8.74. The number of aliphatic hydroxyl groups is 1. The van der Waals surface area contributed by atoms with Crippen LogP contribution < -0.4 is 0 Å². The maximum atomic E-state index is 12.7. The van der Waals surface area contributed by atoms with E-state index in [1.54, 1.807) is 0 Å². The summed E-state index contributed by atoms with van der Waals surface area (Å²) in [5.41, 5.74) is 1.53. The summed E-state index contributed by atoms with van der Waals surface area (Å²) in [5.74, 6) is 0.190. The summed E-state index contributed by atoms with van der Waals surface area (Å²) in [5, 5.41) is 9.53. The van der Waals surface area contributed by atoms with Crippen LogP contribution in [0.1, 0.15) is 58.8 Å². The van der Waals surface area contributed by atoms with E-state index in [0.717, 1.165) is 44.1 Å². The number of carbonyl (C=O) groups is 2. The van der Waals surface area contributed by atoms with Crippen molar-refractivity contribution in [2.75, 3.05) is 20.3 Å². The molecular formula is C22H32O5. The van der Waals surface area contributed by atoms with Gasteiger partial charge in [-0.15, -0.1) is 0 Å². The summed E-state index contributed by atoms with van der Waals surface area (Å²) in [6, 6.07) is 0. The van der Waals surface area contributed by atoms with Crippen molar-refractivity contribution in [3.8, 4) is 0 Å². The van der Waals surface area contributed by atoms with Crippen molar-refractivity contribution in [2.45, 2.75) is 58.8 Å². The molecule has 2 fully saturated rings. The zero-order valence-corrected chi connectivity index (χ0v) is 16.8. The van der Waals surface area contributed by atoms with Gasteiger partial charge in [-0.2, -0.15) is 0 Å². The van der Waals surface area contributed by atoms with Gasteiger partial charge in [0.15, 0.2) is 0 Å². The molecular weight excluding hydrogens is 344 g/mol. The maximum Gasteiger partial charge on any atom is 0.334 e. The zero-order valence-electron chi connectivity index (χ0n) is 16.8. The van der Waals surface area contributed by atoms with E-state index in [4.69, 9.17) is 9.47 Å².